The Morgan fingerprint density at radius 2 is 1.92 bits per heavy atom. The van der Waals surface area contributed by atoms with Crippen LogP contribution in [0.1, 0.15) is 33.1 Å². The molecule has 1 amide bonds. The Labute approximate surface area is 146 Å². The fourth-order valence-corrected chi connectivity index (χ4v) is 3.00. The minimum Gasteiger partial charge on any atom is -0.360 e. The highest BCUT2D eigenvalue weighted by Crippen LogP contribution is 2.24. The fraction of sp³-hybridized carbons (Fsp3) is 0.316. The van der Waals surface area contributed by atoms with Crippen molar-refractivity contribution in [2.75, 3.05) is 6.54 Å². The Morgan fingerprint density at radius 3 is 2.56 bits per heavy atom. The molecule has 3 aromatic rings. The number of nitrogens with zero attached hydrogens (tertiary/aromatic N) is 3. The van der Waals surface area contributed by atoms with E-state index in [0.29, 0.717) is 23.6 Å². The zero-order valence-electron chi connectivity index (χ0n) is 15.0. The molecule has 0 unspecified atom stereocenters. The van der Waals surface area contributed by atoms with Crippen molar-refractivity contribution in [1.82, 2.24) is 20.3 Å². The lowest BCUT2D eigenvalue weighted by Gasteiger charge is -2.06. The summed E-state index contributed by atoms with van der Waals surface area (Å²) in [6.07, 6.45) is 0.738. The summed E-state index contributed by atoms with van der Waals surface area (Å²) in [5.41, 5.74) is 5.23. The highest BCUT2D eigenvalue weighted by Gasteiger charge is 2.21. The highest BCUT2D eigenvalue weighted by atomic mass is 16.5. The summed E-state index contributed by atoms with van der Waals surface area (Å²) in [5, 5.41) is 11.4. The molecule has 0 aliphatic carbocycles. The van der Waals surface area contributed by atoms with E-state index in [1.54, 1.807) is 6.92 Å². The van der Waals surface area contributed by atoms with Crippen LogP contribution in [0.25, 0.3) is 11.3 Å². The average Bonchev–Trinajstić information content (AvgIpc) is 3.10. The van der Waals surface area contributed by atoms with Gasteiger partial charge in [-0.15, -0.1) is 0 Å². The van der Waals surface area contributed by atoms with Gasteiger partial charge in [0.1, 0.15) is 17.0 Å². The summed E-state index contributed by atoms with van der Waals surface area (Å²) in [6.45, 7) is 6.31. The summed E-state index contributed by atoms with van der Waals surface area (Å²) in [7, 11) is 1.93. The molecule has 25 heavy (non-hydrogen) atoms. The largest absolute Gasteiger partial charge is 0.360 e. The summed E-state index contributed by atoms with van der Waals surface area (Å²) in [6, 6.07) is 9.57. The average molecular weight is 338 g/mol. The summed E-state index contributed by atoms with van der Waals surface area (Å²) in [4.78, 5) is 12.7. The predicted molar refractivity (Wildman–Crippen MR) is 95.4 cm³/mol. The van der Waals surface area contributed by atoms with E-state index in [4.69, 9.17) is 4.52 Å². The number of hydrogen-bond donors (Lipinski definition) is 1. The van der Waals surface area contributed by atoms with Crippen LogP contribution >= 0.6 is 0 Å². The van der Waals surface area contributed by atoms with E-state index >= 15 is 0 Å². The van der Waals surface area contributed by atoms with Crippen LogP contribution < -0.4 is 5.32 Å². The van der Waals surface area contributed by atoms with Crippen molar-refractivity contribution in [3.63, 3.8) is 0 Å². The lowest BCUT2D eigenvalue weighted by molar-refractivity contribution is 0.0953. The SMILES string of the molecule is Cc1nn(C)c(C)c1CCNC(=O)c1c(-c2ccccc2)noc1C. The first kappa shape index (κ1) is 17.0. The van der Waals surface area contributed by atoms with Crippen LogP contribution in [0, 0.1) is 20.8 Å². The second kappa shape index (κ2) is 6.93. The molecule has 0 saturated carbocycles. The van der Waals surface area contributed by atoms with Crippen molar-refractivity contribution < 1.29 is 9.32 Å². The van der Waals surface area contributed by atoms with Gasteiger partial charge < -0.3 is 9.84 Å². The van der Waals surface area contributed by atoms with Crippen molar-refractivity contribution in [2.24, 2.45) is 7.05 Å². The van der Waals surface area contributed by atoms with E-state index in [1.165, 1.54) is 5.56 Å². The van der Waals surface area contributed by atoms with Crippen molar-refractivity contribution in [2.45, 2.75) is 27.2 Å². The molecular weight excluding hydrogens is 316 g/mol. The Hall–Kier alpha value is -2.89. The van der Waals surface area contributed by atoms with Gasteiger partial charge >= 0.3 is 0 Å². The number of nitrogens with one attached hydrogen (secondary N) is 1. The van der Waals surface area contributed by atoms with Crippen LogP contribution in [0.3, 0.4) is 0 Å². The molecule has 130 valence electrons. The minimum absolute atomic E-state index is 0.170. The first-order valence-corrected chi connectivity index (χ1v) is 8.28. The van der Waals surface area contributed by atoms with E-state index in [2.05, 4.69) is 15.6 Å². The number of amides is 1. The molecule has 6 heteroatoms. The van der Waals surface area contributed by atoms with E-state index in [9.17, 15) is 4.79 Å². The Kier molecular flexibility index (Phi) is 4.70. The van der Waals surface area contributed by atoms with Crippen LogP contribution in [-0.2, 0) is 13.5 Å². The molecule has 3 rings (SSSR count). The summed E-state index contributed by atoms with van der Waals surface area (Å²) >= 11 is 0. The molecule has 2 aromatic heterocycles. The number of aryl methyl sites for hydroxylation is 3. The number of benzene rings is 1. The van der Waals surface area contributed by atoms with Crippen LogP contribution in [0.15, 0.2) is 34.9 Å². The van der Waals surface area contributed by atoms with E-state index in [0.717, 1.165) is 23.4 Å². The van der Waals surface area contributed by atoms with E-state index < -0.39 is 0 Å². The molecule has 0 radical (unpaired) electrons. The maximum absolute atomic E-state index is 12.7. The zero-order valence-corrected chi connectivity index (χ0v) is 15.0. The van der Waals surface area contributed by atoms with Gasteiger partial charge in [-0.1, -0.05) is 35.5 Å². The number of rotatable bonds is 5. The molecule has 2 heterocycles. The van der Waals surface area contributed by atoms with Crippen LogP contribution in [0.4, 0.5) is 0 Å². The number of carbonyl (C=O) groups is 1. The number of hydrogen-bond acceptors (Lipinski definition) is 4. The highest BCUT2D eigenvalue weighted by molar-refractivity contribution is 6.00. The monoisotopic (exact) mass is 338 g/mol. The topological polar surface area (TPSA) is 73.0 Å². The summed E-state index contributed by atoms with van der Waals surface area (Å²) < 4.78 is 7.12. The number of aromatic nitrogens is 3. The van der Waals surface area contributed by atoms with Gasteiger partial charge in [-0.05, 0) is 32.8 Å². The second-order valence-electron chi connectivity index (χ2n) is 6.11. The van der Waals surface area contributed by atoms with Gasteiger partial charge in [0, 0.05) is 24.8 Å². The molecule has 1 aromatic carbocycles. The Balaban J connectivity index is 1.73. The Morgan fingerprint density at radius 1 is 1.20 bits per heavy atom. The molecule has 0 bridgehead atoms. The standard InChI is InChI=1S/C19H22N4O2/c1-12-16(13(2)23(4)21-12)10-11-20-19(24)17-14(3)25-22-18(17)15-8-6-5-7-9-15/h5-9H,10-11H2,1-4H3,(H,20,24). The van der Waals surface area contributed by atoms with Gasteiger partial charge in [0.25, 0.3) is 5.91 Å². The predicted octanol–water partition coefficient (Wildman–Crippen LogP) is 2.97. The third-order valence-electron chi connectivity index (χ3n) is 4.46. The zero-order chi connectivity index (χ0) is 18.0. The van der Waals surface area contributed by atoms with E-state index in [-0.39, 0.29) is 5.91 Å². The van der Waals surface area contributed by atoms with Crippen molar-refractivity contribution >= 4 is 5.91 Å². The van der Waals surface area contributed by atoms with Gasteiger partial charge in [-0.25, -0.2) is 0 Å². The maximum Gasteiger partial charge on any atom is 0.257 e. The maximum atomic E-state index is 12.7. The molecule has 0 aliphatic heterocycles. The Bertz CT molecular complexity index is 894. The molecule has 0 atom stereocenters. The van der Waals surface area contributed by atoms with Gasteiger partial charge in [0.2, 0.25) is 0 Å². The molecule has 0 aliphatic rings. The van der Waals surface area contributed by atoms with Crippen LogP contribution in [-0.4, -0.2) is 27.4 Å². The molecule has 0 saturated heterocycles. The lowest BCUT2D eigenvalue weighted by atomic mass is 10.1. The number of carbonyl (C=O) groups excluding carboxylic acids is 1. The molecule has 0 spiro atoms. The van der Waals surface area contributed by atoms with Gasteiger partial charge in [-0.3, -0.25) is 9.48 Å². The van der Waals surface area contributed by atoms with Gasteiger partial charge in [-0.2, -0.15) is 5.10 Å². The van der Waals surface area contributed by atoms with Crippen LogP contribution in [0.2, 0.25) is 0 Å². The lowest BCUT2D eigenvalue weighted by Crippen LogP contribution is -2.26. The molecule has 1 N–H and O–H groups in total. The molecule has 6 nitrogen and oxygen atoms in total. The normalized spacial score (nSPS) is 10.9. The summed E-state index contributed by atoms with van der Waals surface area (Å²) in [5.74, 6) is 0.349. The molecule has 0 fully saturated rings. The van der Waals surface area contributed by atoms with Crippen molar-refractivity contribution in [1.29, 1.82) is 0 Å². The van der Waals surface area contributed by atoms with Crippen molar-refractivity contribution in [3.05, 3.63) is 58.6 Å². The van der Waals surface area contributed by atoms with E-state index in [1.807, 2.05) is 55.9 Å². The second-order valence-corrected chi connectivity index (χ2v) is 6.11. The van der Waals surface area contributed by atoms with Gasteiger partial charge in [0.15, 0.2) is 0 Å². The molecular formula is C19H22N4O2. The third-order valence-corrected chi connectivity index (χ3v) is 4.46. The van der Waals surface area contributed by atoms with Crippen LogP contribution in [0.5, 0.6) is 0 Å². The first-order valence-electron chi connectivity index (χ1n) is 8.28. The quantitative estimate of drug-likeness (QED) is 0.776. The first-order chi connectivity index (χ1) is 12.0. The van der Waals surface area contributed by atoms with Crippen molar-refractivity contribution in [3.8, 4) is 11.3 Å². The van der Waals surface area contributed by atoms with Gasteiger partial charge in [0.05, 0.1) is 5.69 Å². The fourth-order valence-electron chi connectivity index (χ4n) is 3.00. The minimum atomic E-state index is -0.170. The smallest absolute Gasteiger partial charge is 0.257 e. The third kappa shape index (κ3) is 3.33.